The van der Waals surface area contributed by atoms with Crippen LogP contribution in [0.25, 0.3) is 0 Å². The third-order valence-electron chi connectivity index (χ3n) is 3.21. The van der Waals surface area contributed by atoms with Crippen LogP contribution in [0.3, 0.4) is 0 Å². The van der Waals surface area contributed by atoms with E-state index >= 15 is 0 Å². The van der Waals surface area contributed by atoms with Crippen molar-refractivity contribution in [2.24, 2.45) is 0 Å². The number of benzene rings is 1. The van der Waals surface area contributed by atoms with Crippen molar-refractivity contribution in [2.45, 2.75) is 0 Å². The fraction of sp³-hybridized carbons (Fsp3) is 0.538. The van der Waals surface area contributed by atoms with Gasteiger partial charge < -0.3 is 14.7 Å². The summed E-state index contributed by atoms with van der Waals surface area (Å²) < 4.78 is 5.24. The second-order valence-electron chi connectivity index (χ2n) is 4.25. The van der Waals surface area contributed by atoms with E-state index in [1.165, 1.54) is 5.69 Å². The zero-order valence-corrected chi connectivity index (χ0v) is 10.3. The van der Waals surface area contributed by atoms with Crippen molar-refractivity contribution in [1.82, 2.24) is 4.90 Å². The van der Waals surface area contributed by atoms with E-state index in [0.29, 0.717) is 0 Å². The van der Waals surface area contributed by atoms with Crippen molar-refractivity contribution in [3.05, 3.63) is 24.3 Å². The van der Waals surface area contributed by atoms with Gasteiger partial charge in [0.1, 0.15) is 5.75 Å². The quantitative estimate of drug-likeness (QED) is 0.839. The predicted octanol–water partition coefficient (Wildman–Crippen LogP) is 0.809. The van der Waals surface area contributed by atoms with Crippen molar-refractivity contribution < 1.29 is 9.84 Å². The maximum atomic E-state index is 8.90. The average molecular weight is 236 g/mol. The number of aliphatic hydroxyl groups is 1. The summed E-state index contributed by atoms with van der Waals surface area (Å²) in [5, 5.41) is 8.90. The van der Waals surface area contributed by atoms with E-state index in [2.05, 4.69) is 21.9 Å². The molecule has 0 spiro atoms. The summed E-state index contributed by atoms with van der Waals surface area (Å²) in [5.74, 6) is 0.903. The van der Waals surface area contributed by atoms with Crippen LogP contribution < -0.4 is 9.64 Å². The molecule has 1 aromatic carbocycles. The maximum Gasteiger partial charge on any atom is 0.120 e. The van der Waals surface area contributed by atoms with E-state index in [-0.39, 0.29) is 6.61 Å². The molecule has 1 aromatic rings. The summed E-state index contributed by atoms with van der Waals surface area (Å²) in [4.78, 5) is 4.65. The number of aliphatic hydroxyl groups excluding tert-OH is 1. The highest BCUT2D eigenvalue weighted by Gasteiger charge is 2.16. The first kappa shape index (κ1) is 12.2. The van der Waals surface area contributed by atoms with E-state index in [9.17, 15) is 0 Å². The van der Waals surface area contributed by atoms with Crippen molar-refractivity contribution in [1.29, 1.82) is 0 Å². The smallest absolute Gasteiger partial charge is 0.120 e. The lowest BCUT2D eigenvalue weighted by Crippen LogP contribution is -2.47. The molecule has 0 saturated carbocycles. The molecule has 0 atom stereocenters. The summed E-state index contributed by atoms with van der Waals surface area (Å²) in [5.41, 5.74) is 1.22. The highest BCUT2D eigenvalue weighted by atomic mass is 16.5. The van der Waals surface area contributed by atoms with E-state index < -0.39 is 0 Å². The van der Waals surface area contributed by atoms with Crippen molar-refractivity contribution in [2.75, 3.05) is 51.3 Å². The summed E-state index contributed by atoms with van der Waals surface area (Å²) in [6.07, 6.45) is 0. The Hall–Kier alpha value is -1.26. The summed E-state index contributed by atoms with van der Waals surface area (Å²) in [6, 6.07) is 8.17. The zero-order chi connectivity index (χ0) is 12.1. The minimum Gasteiger partial charge on any atom is -0.497 e. The van der Waals surface area contributed by atoms with Gasteiger partial charge in [-0.15, -0.1) is 0 Å². The number of β-amino-alcohol motifs (C(OH)–C–C–N with tert-alkyl or cyclic N) is 1. The first-order valence-corrected chi connectivity index (χ1v) is 6.05. The van der Waals surface area contributed by atoms with Crippen LogP contribution in [0.1, 0.15) is 0 Å². The molecule has 1 aliphatic rings. The Bertz CT molecular complexity index is 349. The van der Waals surface area contributed by atoms with Gasteiger partial charge >= 0.3 is 0 Å². The standard InChI is InChI=1S/C13H20N2O2/c1-17-13-4-2-3-12(11-13)15-7-5-14(6-8-15)9-10-16/h2-4,11,16H,5-10H2,1H3. The monoisotopic (exact) mass is 236 g/mol. The fourth-order valence-corrected chi connectivity index (χ4v) is 2.18. The third kappa shape index (κ3) is 3.11. The highest BCUT2D eigenvalue weighted by Crippen LogP contribution is 2.21. The SMILES string of the molecule is COc1cccc(N2CCN(CCO)CC2)c1. The van der Waals surface area contributed by atoms with Gasteiger partial charge in [-0.1, -0.05) is 6.07 Å². The van der Waals surface area contributed by atoms with Crippen LogP contribution in [0.15, 0.2) is 24.3 Å². The van der Waals surface area contributed by atoms with E-state index in [4.69, 9.17) is 9.84 Å². The molecular weight excluding hydrogens is 216 g/mol. The fourth-order valence-electron chi connectivity index (χ4n) is 2.18. The third-order valence-corrected chi connectivity index (χ3v) is 3.21. The molecule has 94 valence electrons. The Morgan fingerprint density at radius 1 is 1.24 bits per heavy atom. The molecule has 0 amide bonds. The molecule has 2 rings (SSSR count). The van der Waals surface area contributed by atoms with E-state index in [1.807, 2.05) is 12.1 Å². The summed E-state index contributed by atoms with van der Waals surface area (Å²) in [7, 11) is 1.69. The number of nitrogens with zero attached hydrogens (tertiary/aromatic N) is 2. The number of ether oxygens (including phenoxy) is 1. The molecule has 0 unspecified atom stereocenters. The predicted molar refractivity (Wildman–Crippen MR) is 68.7 cm³/mol. The second kappa shape index (κ2) is 5.89. The van der Waals surface area contributed by atoms with Crippen molar-refractivity contribution in [3.8, 4) is 5.75 Å². The topological polar surface area (TPSA) is 35.9 Å². The number of piperazine rings is 1. The van der Waals surface area contributed by atoms with Crippen LogP contribution in [0.4, 0.5) is 5.69 Å². The van der Waals surface area contributed by atoms with E-state index in [1.54, 1.807) is 7.11 Å². The number of hydrogen-bond acceptors (Lipinski definition) is 4. The van der Waals surface area contributed by atoms with Crippen LogP contribution in [-0.4, -0.2) is 56.4 Å². The minimum atomic E-state index is 0.249. The molecular formula is C13H20N2O2. The molecule has 1 saturated heterocycles. The molecule has 4 nitrogen and oxygen atoms in total. The average Bonchev–Trinajstić information content (AvgIpc) is 2.40. The number of rotatable bonds is 4. The molecule has 1 fully saturated rings. The van der Waals surface area contributed by atoms with E-state index in [0.717, 1.165) is 38.5 Å². The molecule has 17 heavy (non-hydrogen) atoms. The molecule has 0 bridgehead atoms. The lowest BCUT2D eigenvalue weighted by molar-refractivity contribution is 0.189. The Labute approximate surface area is 102 Å². The lowest BCUT2D eigenvalue weighted by atomic mass is 10.2. The molecule has 4 heteroatoms. The molecule has 0 aromatic heterocycles. The number of anilines is 1. The number of hydrogen-bond donors (Lipinski definition) is 1. The van der Waals surface area contributed by atoms with Gasteiger partial charge in [-0.2, -0.15) is 0 Å². The molecule has 1 N–H and O–H groups in total. The number of methoxy groups -OCH3 is 1. The van der Waals surface area contributed by atoms with Gasteiger partial charge in [-0.3, -0.25) is 4.90 Å². The normalized spacial score (nSPS) is 17.2. The molecule has 0 aliphatic carbocycles. The van der Waals surface area contributed by atoms with Crippen LogP contribution in [-0.2, 0) is 0 Å². The Morgan fingerprint density at radius 3 is 2.65 bits per heavy atom. The van der Waals surface area contributed by atoms with Crippen molar-refractivity contribution >= 4 is 5.69 Å². The van der Waals surface area contributed by atoms with Crippen molar-refractivity contribution in [3.63, 3.8) is 0 Å². The van der Waals surface area contributed by atoms with Gasteiger partial charge in [0.2, 0.25) is 0 Å². The minimum absolute atomic E-state index is 0.249. The Kier molecular flexibility index (Phi) is 4.23. The van der Waals surface area contributed by atoms with Gasteiger partial charge in [0.25, 0.3) is 0 Å². The second-order valence-corrected chi connectivity index (χ2v) is 4.25. The van der Waals surface area contributed by atoms with Crippen LogP contribution in [0.2, 0.25) is 0 Å². The Balaban J connectivity index is 1.95. The lowest BCUT2D eigenvalue weighted by Gasteiger charge is -2.35. The summed E-state index contributed by atoms with van der Waals surface area (Å²) >= 11 is 0. The summed E-state index contributed by atoms with van der Waals surface area (Å²) in [6.45, 7) is 5.07. The molecule has 1 aliphatic heterocycles. The first-order valence-electron chi connectivity index (χ1n) is 6.05. The molecule has 1 heterocycles. The maximum absolute atomic E-state index is 8.90. The van der Waals surface area contributed by atoms with Gasteiger partial charge in [0, 0.05) is 44.5 Å². The van der Waals surface area contributed by atoms with Gasteiger partial charge in [-0.25, -0.2) is 0 Å². The van der Waals surface area contributed by atoms with Gasteiger partial charge in [0.05, 0.1) is 13.7 Å². The van der Waals surface area contributed by atoms with Crippen LogP contribution in [0, 0.1) is 0 Å². The van der Waals surface area contributed by atoms with Crippen LogP contribution >= 0.6 is 0 Å². The van der Waals surface area contributed by atoms with Crippen LogP contribution in [0.5, 0.6) is 5.75 Å². The van der Waals surface area contributed by atoms with Gasteiger partial charge in [0.15, 0.2) is 0 Å². The molecule has 0 radical (unpaired) electrons. The zero-order valence-electron chi connectivity index (χ0n) is 10.3. The highest BCUT2D eigenvalue weighted by molar-refractivity contribution is 5.51. The van der Waals surface area contributed by atoms with Gasteiger partial charge in [-0.05, 0) is 12.1 Å². The largest absolute Gasteiger partial charge is 0.497 e. The first-order chi connectivity index (χ1) is 8.33. The Morgan fingerprint density at radius 2 is 2.00 bits per heavy atom.